The fourth-order valence-electron chi connectivity index (χ4n) is 3.80. The Morgan fingerprint density at radius 2 is 1.48 bits per heavy atom. The minimum absolute atomic E-state index is 0.0730. The summed E-state index contributed by atoms with van der Waals surface area (Å²) in [6.45, 7) is 12.1. The van der Waals surface area contributed by atoms with Crippen LogP contribution in [0.4, 0.5) is 17.1 Å². The minimum atomic E-state index is -0.263. The summed E-state index contributed by atoms with van der Waals surface area (Å²) in [5, 5.41) is 6.02. The lowest BCUT2D eigenvalue weighted by atomic mass is 10.1. The van der Waals surface area contributed by atoms with Crippen molar-refractivity contribution in [2.75, 3.05) is 28.6 Å². The van der Waals surface area contributed by atoms with Crippen LogP contribution in [0.15, 0.2) is 36.4 Å². The lowest BCUT2D eigenvalue weighted by Gasteiger charge is -2.22. The molecule has 154 valence electrons. The first kappa shape index (κ1) is 20.9. The average molecular weight is 394 g/mol. The van der Waals surface area contributed by atoms with Gasteiger partial charge < -0.3 is 15.5 Å². The van der Waals surface area contributed by atoms with Crippen LogP contribution in [-0.2, 0) is 9.59 Å². The maximum atomic E-state index is 12.7. The Hall–Kier alpha value is -2.82. The molecule has 0 aromatic heterocycles. The van der Waals surface area contributed by atoms with E-state index in [9.17, 15) is 9.59 Å². The molecule has 0 saturated heterocycles. The molecule has 0 radical (unpaired) electrons. The monoisotopic (exact) mass is 393 g/mol. The van der Waals surface area contributed by atoms with E-state index in [4.69, 9.17) is 0 Å². The third-order valence-corrected chi connectivity index (χ3v) is 5.79. The van der Waals surface area contributed by atoms with Gasteiger partial charge in [-0.05, 0) is 75.9 Å². The van der Waals surface area contributed by atoms with E-state index < -0.39 is 0 Å². The van der Waals surface area contributed by atoms with Crippen LogP contribution in [-0.4, -0.2) is 24.9 Å². The molecule has 0 bridgehead atoms. The SMILES string of the molecule is CCN(CC)c1ccc(NC(=O)C2CC2C(=O)Nc2c(C)cccc2C)c(C)c1. The number of nitrogens with zero attached hydrogens (tertiary/aromatic N) is 1. The van der Waals surface area contributed by atoms with Crippen molar-refractivity contribution in [1.29, 1.82) is 0 Å². The van der Waals surface area contributed by atoms with Crippen molar-refractivity contribution >= 4 is 28.9 Å². The Morgan fingerprint density at radius 3 is 2.03 bits per heavy atom. The van der Waals surface area contributed by atoms with Gasteiger partial charge in [-0.3, -0.25) is 9.59 Å². The molecule has 5 nitrogen and oxygen atoms in total. The van der Waals surface area contributed by atoms with Crippen LogP contribution in [0.2, 0.25) is 0 Å². The van der Waals surface area contributed by atoms with Crippen molar-refractivity contribution in [1.82, 2.24) is 0 Å². The first-order chi connectivity index (χ1) is 13.8. The summed E-state index contributed by atoms with van der Waals surface area (Å²) < 4.78 is 0. The van der Waals surface area contributed by atoms with Gasteiger partial charge in [0.1, 0.15) is 0 Å². The number of nitrogens with one attached hydrogen (secondary N) is 2. The fourth-order valence-corrected chi connectivity index (χ4v) is 3.80. The highest BCUT2D eigenvalue weighted by Crippen LogP contribution is 2.41. The van der Waals surface area contributed by atoms with Crippen LogP contribution in [0.1, 0.15) is 37.0 Å². The third-order valence-electron chi connectivity index (χ3n) is 5.79. The van der Waals surface area contributed by atoms with Crippen LogP contribution in [0.3, 0.4) is 0 Å². The molecule has 2 amide bonds. The van der Waals surface area contributed by atoms with E-state index in [1.54, 1.807) is 0 Å². The summed E-state index contributed by atoms with van der Waals surface area (Å²) in [6, 6.07) is 12.0. The number of hydrogen-bond donors (Lipinski definition) is 2. The second kappa shape index (κ2) is 8.68. The van der Waals surface area contributed by atoms with E-state index in [0.29, 0.717) is 6.42 Å². The maximum absolute atomic E-state index is 12.7. The zero-order valence-electron chi connectivity index (χ0n) is 18.0. The Morgan fingerprint density at radius 1 is 0.897 bits per heavy atom. The van der Waals surface area contributed by atoms with Crippen molar-refractivity contribution in [2.45, 2.75) is 41.0 Å². The van der Waals surface area contributed by atoms with Crippen LogP contribution in [0, 0.1) is 32.6 Å². The van der Waals surface area contributed by atoms with Crippen molar-refractivity contribution in [3.05, 3.63) is 53.1 Å². The molecule has 0 aliphatic heterocycles. The van der Waals surface area contributed by atoms with Gasteiger partial charge in [0.2, 0.25) is 11.8 Å². The smallest absolute Gasteiger partial charge is 0.228 e. The molecule has 2 atom stereocenters. The van der Waals surface area contributed by atoms with Crippen molar-refractivity contribution in [3.8, 4) is 0 Å². The van der Waals surface area contributed by atoms with E-state index in [1.807, 2.05) is 51.1 Å². The van der Waals surface area contributed by atoms with Crippen LogP contribution < -0.4 is 15.5 Å². The largest absolute Gasteiger partial charge is 0.372 e. The molecule has 0 heterocycles. The molecule has 2 aromatic rings. The molecule has 0 spiro atoms. The standard InChI is InChI=1S/C24H31N3O2/c1-6-27(7-2)18-11-12-21(17(5)13-18)25-23(28)19-14-20(19)24(29)26-22-15(3)9-8-10-16(22)4/h8-13,19-20H,6-7,14H2,1-5H3,(H,25,28)(H,26,29). The summed E-state index contributed by atoms with van der Waals surface area (Å²) in [5.41, 5.74) is 5.91. The first-order valence-electron chi connectivity index (χ1n) is 10.4. The molecular weight excluding hydrogens is 362 g/mol. The summed E-state index contributed by atoms with van der Waals surface area (Å²) in [7, 11) is 0. The molecule has 2 aromatic carbocycles. The van der Waals surface area contributed by atoms with Gasteiger partial charge in [0, 0.05) is 30.2 Å². The second-order valence-electron chi connectivity index (χ2n) is 7.87. The Kier molecular flexibility index (Phi) is 6.26. The summed E-state index contributed by atoms with van der Waals surface area (Å²) in [5.74, 6) is -0.674. The van der Waals surface area contributed by atoms with E-state index in [-0.39, 0.29) is 23.7 Å². The Balaban J connectivity index is 1.61. The molecule has 5 heteroatoms. The third kappa shape index (κ3) is 4.61. The number of carbonyl (C=O) groups excluding carboxylic acids is 2. The zero-order chi connectivity index (χ0) is 21.1. The summed E-state index contributed by atoms with van der Waals surface area (Å²) in [6.07, 6.45) is 0.596. The number of amides is 2. The van der Waals surface area contributed by atoms with Crippen LogP contribution in [0.25, 0.3) is 0 Å². The van der Waals surface area contributed by atoms with Gasteiger partial charge in [0.25, 0.3) is 0 Å². The lowest BCUT2D eigenvalue weighted by Crippen LogP contribution is -2.23. The highest BCUT2D eigenvalue weighted by Gasteiger charge is 2.48. The van der Waals surface area contributed by atoms with Gasteiger partial charge >= 0.3 is 0 Å². The van der Waals surface area contributed by atoms with Gasteiger partial charge in [-0.25, -0.2) is 0 Å². The van der Waals surface area contributed by atoms with Crippen molar-refractivity contribution in [2.24, 2.45) is 11.8 Å². The van der Waals surface area contributed by atoms with Gasteiger partial charge in [0.15, 0.2) is 0 Å². The molecule has 1 aliphatic rings. The summed E-state index contributed by atoms with van der Waals surface area (Å²) >= 11 is 0. The van der Waals surface area contributed by atoms with Gasteiger partial charge in [0.05, 0.1) is 11.8 Å². The molecule has 2 unspecified atom stereocenters. The topological polar surface area (TPSA) is 61.4 Å². The normalized spacial score (nSPS) is 17.6. The molecule has 1 aliphatic carbocycles. The van der Waals surface area contributed by atoms with E-state index in [2.05, 4.69) is 35.4 Å². The predicted octanol–water partition coefficient (Wildman–Crippen LogP) is 4.67. The number of para-hydroxylation sites is 1. The number of rotatable bonds is 7. The molecule has 3 rings (SSSR count). The number of carbonyl (C=O) groups is 2. The predicted molar refractivity (Wildman–Crippen MR) is 120 cm³/mol. The van der Waals surface area contributed by atoms with Gasteiger partial charge in [-0.2, -0.15) is 0 Å². The lowest BCUT2D eigenvalue weighted by molar-refractivity contribution is -0.122. The Labute approximate surface area is 173 Å². The quantitative estimate of drug-likeness (QED) is 0.718. The Bertz CT molecular complexity index is 898. The van der Waals surface area contributed by atoms with Crippen LogP contribution >= 0.6 is 0 Å². The first-order valence-corrected chi connectivity index (χ1v) is 10.4. The number of benzene rings is 2. The van der Waals surface area contributed by atoms with Gasteiger partial charge in [-0.1, -0.05) is 18.2 Å². The molecule has 2 N–H and O–H groups in total. The zero-order valence-corrected chi connectivity index (χ0v) is 18.0. The fraction of sp³-hybridized carbons (Fsp3) is 0.417. The van der Waals surface area contributed by atoms with E-state index >= 15 is 0 Å². The van der Waals surface area contributed by atoms with Crippen molar-refractivity contribution in [3.63, 3.8) is 0 Å². The minimum Gasteiger partial charge on any atom is -0.372 e. The summed E-state index contributed by atoms with van der Waals surface area (Å²) in [4.78, 5) is 27.5. The molecule has 1 saturated carbocycles. The van der Waals surface area contributed by atoms with E-state index in [0.717, 1.165) is 46.8 Å². The molecule has 1 fully saturated rings. The number of hydrogen-bond acceptors (Lipinski definition) is 3. The highest BCUT2D eigenvalue weighted by atomic mass is 16.2. The second-order valence-corrected chi connectivity index (χ2v) is 7.87. The van der Waals surface area contributed by atoms with E-state index in [1.165, 1.54) is 0 Å². The highest BCUT2D eigenvalue weighted by molar-refractivity contribution is 6.04. The van der Waals surface area contributed by atoms with Gasteiger partial charge in [-0.15, -0.1) is 0 Å². The average Bonchev–Trinajstić information content (AvgIpc) is 3.49. The maximum Gasteiger partial charge on any atom is 0.228 e. The van der Waals surface area contributed by atoms with Crippen LogP contribution in [0.5, 0.6) is 0 Å². The molecular formula is C24H31N3O2. The van der Waals surface area contributed by atoms with Crippen molar-refractivity contribution < 1.29 is 9.59 Å². The number of anilines is 3. The molecule has 29 heavy (non-hydrogen) atoms. The number of aryl methyl sites for hydroxylation is 3.